The molecule has 0 saturated carbocycles. The number of ether oxygens (including phenoxy) is 1. The van der Waals surface area contributed by atoms with Crippen molar-refractivity contribution < 1.29 is 14.3 Å². The third-order valence-electron chi connectivity index (χ3n) is 4.26. The van der Waals surface area contributed by atoms with Crippen molar-refractivity contribution in [1.82, 2.24) is 14.8 Å². The molecule has 2 saturated heterocycles. The zero-order valence-corrected chi connectivity index (χ0v) is 13.2. The first-order chi connectivity index (χ1) is 11.2. The van der Waals surface area contributed by atoms with E-state index in [-0.39, 0.29) is 12.0 Å². The lowest BCUT2D eigenvalue weighted by atomic mass is 10.2. The molecule has 0 aromatic carbocycles. The van der Waals surface area contributed by atoms with E-state index in [0.29, 0.717) is 39.2 Å². The molecule has 1 aromatic heterocycles. The third-order valence-corrected chi connectivity index (χ3v) is 4.26. The quantitative estimate of drug-likeness (QED) is 0.827. The number of rotatable bonds is 4. The second-order valence-corrected chi connectivity index (χ2v) is 5.76. The molecule has 2 aliphatic rings. The van der Waals surface area contributed by atoms with E-state index in [9.17, 15) is 9.59 Å². The highest BCUT2D eigenvalue weighted by molar-refractivity contribution is 5.77. The fraction of sp³-hybridized carbons (Fsp3) is 0.562. The number of hydrogen-bond acceptors (Lipinski definition) is 5. The van der Waals surface area contributed by atoms with Crippen LogP contribution in [0.25, 0.3) is 0 Å². The van der Waals surface area contributed by atoms with Crippen LogP contribution in [-0.4, -0.2) is 72.7 Å². The van der Waals surface area contributed by atoms with Gasteiger partial charge >= 0.3 is 6.09 Å². The van der Waals surface area contributed by atoms with Gasteiger partial charge in [0.25, 0.3) is 0 Å². The van der Waals surface area contributed by atoms with Crippen molar-refractivity contribution in [3.8, 4) is 0 Å². The van der Waals surface area contributed by atoms with Gasteiger partial charge in [0.05, 0.1) is 6.61 Å². The van der Waals surface area contributed by atoms with Crippen LogP contribution in [0.15, 0.2) is 24.4 Å². The predicted octanol–water partition coefficient (Wildman–Crippen LogP) is 0.963. The van der Waals surface area contributed by atoms with Crippen LogP contribution < -0.4 is 4.90 Å². The first-order valence-electron chi connectivity index (χ1n) is 8.09. The van der Waals surface area contributed by atoms with Gasteiger partial charge in [0, 0.05) is 51.9 Å². The number of nitrogens with zero attached hydrogens (tertiary/aromatic N) is 4. The monoisotopic (exact) mass is 318 g/mol. The molecule has 0 unspecified atom stereocenters. The minimum atomic E-state index is -0.302. The summed E-state index contributed by atoms with van der Waals surface area (Å²) in [7, 11) is 0. The molecule has 124 valence electrons. The van der Waals surface area contributed by atoms with Crippen LogP contribution in [0.2, 0.25) is 0 Å². The summed E-state index contributed by atoms with van der Waals surface area (Å²) in [6.45, 7) is 4.57. The number of piperazine rings is 1. The molecule has 0 spiro atoms. The molecule has 7 nitrogen and oxygen atoms in total. The topological polar surface area (TPSA) is 66.0 Å². The van der Waals surface area contributed by atoms with Crippen LogP contribution in [0.1, 0.15) is 12.8 Å². The number of amides is 2. The van der Waals surface area contributed by atoms with Crippen molar-refractivity contribution in [1.29, 1.82) is 0 Å². The molecule has 2 fully saturated rings. The molecule has 2 amide bonds. The Morgan fingerprint density at radius 1 is 1.17 bits per heavy atom. The van der Waals surface area contributed by atoms with Gasteiger partial charge in [-0.3, -0.25) is 4.79 Å². The van der Waals surface area contributed by atoms with Crippen LogP contribution >= 0.6 is 0 Å². The van der Waals surface area contributed by atoms with E-state index < -0.39 is 0 Å². The van der Waals surface area contributed by atoms with Crippen molar-refractivity contribution in [3.63, 3.8) is 0 Å². The van der Waals surface area contributed by atoms with Gasteiger partial charge in [-0.05, 0) is 18.6 Å². The normalized spacial score (nSPS) is 18.8. The van der Waals surface area contributed by atoms with E-state index in [0.717, 1.165) is 25.3 Å². The van der Waals surface area contributed by atoms with E-state index in [4.69, 9.17) is 4.74 Å². The summed E-state index contributed by atoms with van der Waals surface area (Å²) < 4.78 is 4.98. The lowest BCUT2D eigenvalue weighted by Crippen LogP contribution is -2.49. The van der Waals surface area contributed by atoms with Gasteiger partial charge in [-0.1, -0.05) is 6.07 Å². The van der Waals surface area contributed by atoms with Gasteiger partial charge in [-0.15, -0.1) is 0 Å². The fourth-order valence-corrected chi connectivity index (χ4v) is 2.92. The van der Waals surface area contributed by atoms with Crippen molar-refractivity contribution in [3.05, 3.63) is 24.4 Å². The Hall–Kier alpha value is -2.31. The van der Waals surface area contributed by atoms with E-state index >= 15 is 0 Å². The Balaban J connectivity index is 1.44. The Kier molecular flexibility index (Phi) is 4.95. The molecule has 0 bridgehead atoms. The summed E-state index contributed by atoms with van der Waals surface area (Å²) in [5.74, 6) is 1.06. The van der Waals surface area contributed by atoms with Gasteiger partial charge < -0.3 is 19.4 Å². The summed E-state index contributed by atoms with van der Waals surface area (Å²) in [6.07, 6.45) is 2.68. The Morgan fingerprint density at radius 3 is 2.70 bits per heavy atom. The predicted molar refractivity (Wildman–Crippen MR) is 85.2 cm³/mol. The molecule has 0 atom stereocenters. The second-order valence-electron chi connectivity index (χ2n) is 5.76. The molecule has 23 heavy (non-hydrogen) atoms. The molecule has 2 aliphatic heterocycles. The molecule has 7 heteroatoms. The number of carbonyl (C=O) groups is 2. The van der Waals surface area contributed by atoms with Crippen molar-refractivity contribution in [2.45, 2.75) is 12.8 Å². The van der Waals surface area contributed by atoms with Crippen LogP contribution in [0.4, 0.5) is 10.6 Å². The Morgan fingerprint density at radius 2 is 2.00 bits per heavy atom. The number of anilines is 1. The number of cyclic esters (lactones) is 1. The standard InChI is InChI=1S/C16H22N4O3/c21-15(5-8-20-7-3-13-23-16(20)22)19-11-9-18(10-12-19)14-4-1-2-6-17-14/h1-2,4,6H,3,5,7-13H2. The first kappa shape index (κ1) is 15.6. The number of carbonyl (C=O) groups excluding carboxylic acids is 2. The molecule has 1 aromatic rings. The fourth-order valence-electron chi connectivity index (χ4n) is 2.92. The largest absolute Gasteiger partial charge is 0.449 e. The number of pyridine rings is 1. The zero-order valence-electron chi connectivity index (χ0n) is 13.2. The lowest BCUT2D eigenvalue weighted by molar-refractivity contribution is -0.131. The molecule has 3 heterocycles. The van der Waals surface area contributed by atoms with Gasteiger partial charge in [0.1, 0.15) is 5.82 Å². The van der Waals surface area contributed by atoms with Gasteiger partial charge in [0.2, 0.25) is 5.91 Å². The van der Waals surface area contributed by atoms with Crippen molar-refractivity contribution >= 4 is 17.8 Å². The summed E-state index contributed by atoms with van der Waals surface area (Å²) in [5, 5.41) is 0. The van der Waals surface area contributed by atoms with Gasteiger partial charge in [-0.2, -0.15) is 0 Å². The Bertz CT molecular complexity index is 544. The highest BCUT2D eigenvalue weighted by Crippen LogP contribution is 2.13. The van der Waals surface area contributed by atoms with Crippen molar-refractivity contribution in [2.75, 3.05) is 50.8 Å². The smallest absolute Gasteiger partial charge is 0.409 e. The molecule has 0 radical (unpaired) electrons. The summed E-state index contributed by atoms with van der Waals surface area (Å²) in [5.41, 5.74) is 0. The first-order valence-corrected chi connectivity index (χ1v) is 8.09. The average molecular weight is 318 g/mol. The maximum atomic E-state index is 12.3. The summed E-state index contributed by atoms with van der Waals surface area (Å²) in [4.78, 5) is 33.9. The maximum Gasteiger partial charge on any atom is 0.409 e. The Labute approximate surface area is 135 Å². The minimum Gasteiger partial charge on any atom is -0.449 e. The van der Waals surface area contributed by atoms with E-state index in [1.807, 2.05) is 23.1 Å². The van der Waals surface area contributed by atoms with Gasteiger partial charge in [0.15, 0.2) is 0 Å². The zero-order chi connectivity index (χ0) is 16.1. The summed E-state index contributed by atoms with van der Waals surface area (Å²) in [6, 6.07) is 5.85. The lowest BCUT2D eigenvalue weighted by Gasteiger charge is -2.36. The molecule has 0 N–H and O–H groups in total. The number of hydrogen-bond donors (Lipinski definition) is 0. The van der Waals surface area contributed by atoms with E-state index in [2.05, 4.69) is 9.88 Å². The number of aromatic nitrogens is 1. The van der Waals surface area contributed by atoms with E-state index in [1.54, 1.807) is 11.1 Å². The highest BCUT2D eigenvalue weighted by Gasteiger charge is 2.24. The highest BCUT2D eigenvalue weighted by atomic mass is 16.6. The van der Waals surface area contributed by atoms with Crippen LogP contribution in [-0.2, 0) is 9.53 Å². The van der Waals surface area contributed by atoms with Gasteiger partial charge in [-0.25, -0.2) is 9.78 Å². The second kappa shape index (κ2) is 7.30. The summed E-state index contributed by atoms with van der Waals surface area (Å²) >= 11 is 0. The average Bonchev–Trinajstić information content (AvgIpc) is 2.62. The van der Waals surface area contributed by atoms with Crippen molar-refractivity contribution in [2.24, 2.45) is 0 Å². The molecular formula is C16H22N4O3. The molecular weight excluding hydrogens is 296 g/mol. The van der Waals surface area contributed by atoms with Crippen LogP contribution in [0.5, 0.6) is 0 Å². The minimum absolute atomic E-state index is 0.101. The van der Waals surface area contributed by atoms with E-state index in [1.165, 1.54) is 0 Å². The molecule has 3 rings (SSSR count). The SMILES string of the molecule is O=C(CCN1CCCOC1=O)N1CCN(c2ccccn2)CC1. The maximum absolute atomic E-state index is 12.3. The van der Waals surface area contributed by atoms with Crippen LogP contribution in [0.3, 0.4) is 0 Å². The molecule has 0 aliphatic carbocycles. The third kappa shape index (κ3) is 3.91. The van der Waals surface area contributed by atoms with Crippen LogP contribution in [0, 0.1) is 0 Å².